The van der Waals surface area contributed by atoms with Crippen LogP contribution in [0.1, 0.15) is 33.0 Å². The first-order chi connectivity index (χ1) is 9.55. The van der Waals surface area contributed by atoms with Crippen molar-refractivity contribution in [3.63, 3.8) is 0 Å². The molecule has 1 fully saturated rings. The molecule has 0 radical (unpaired) electrons. The number of aromatic nitrogens is 4. The van der Waals surface area contributed by atoms with E-state index < -0.39 is 0 Å². The van der Waals surface area contributed by atoms with E-state index in [4.69, 9.17) is 5.10 Å². The maximum Gasteiger partial charge on any atom is 0.178 e. The molecule has 1 aliphatic heterocycles. The highest BCUT2D eigenvalue weighted by Crippen LogP contribution is 2.22. The highest BCUT2D eigenvalue weighted by atomic mass is 32.2. The van der Waals surface area contributed by atoms with Crippen LogP contribution in [0.25, 0.3) is 5.65 Å². The molecule has 6 heteroatoms. The van der Waals surface area contributed by atoms with Gasteiger partial charge >= 0.3 is 0 Å². The first-order valence-electron chi connectivity index (χ1n) is 7.11. The number of thioether (sulfide) groups is 1. The molecule has 0 N–H and O–H groups in total. The highest BCUT2D eigenvalue weighted by molar-refractivity contribution is 7.99. The zero-order valence-electron chi connectivity index (χ0n) is 12.3. The van der Waals surface area contributed by atoms with Crippen LogP contribution in [0.3, 0.4) is 0 Å². The Hall–Kier alpha value is -1.30. The number of hydrogen-bond donors (Lipinski definition) is 0. The molecule has 2 aromatic rings. The van der Waals surface area contributed by atoms with Gasteiger partial charge in [-0.1, -0.05) is 20.8 Å². The summed E-state index contributed by atoms with van der Waals surface area (Å²) in [6.45, 7) is 8.57. The van der Waals surface area contributed by atoms with Crippen molar-refractivity contribution in [3.05, 3.63) is 18.0 Å². The molecular weight excluding hydrogens is 270 g/mol. The van der Waals surface area contributed by atoms with Crippen molar-refractivity contribution in [3.8, 4) is 0 Å². The van der Waals surface area contributed by atoms with Gasteiger partial charge in [-0.05, 0) is 24.3 Å². The minimum atomic E-state index is -0.0559. The molecule has 0 aliphatic carbocycles. The Kier molecular flexibility index (Phi) is 3.58. The van der Waals surface area contributed by atoms with E-state index in [-0.39, 0.29) is 5.41 Å². The van der Waals surface area contributed by atoms with E-state index in [2.05, 4.69) is 41.9 Å². The zero-order chi connectivity index (χ0) is 14.2. The number of rotatable bonds is 1. The van der Waals surface area contributed by atoms with E-state index in [9.17, 15) is 0 Å². The molecule has 20 heavy (non-hydrogen) atoms. The number of nitrogens with zero attached hydrogens (tertiary/aromatic N) is 5. The quantitative estimate of drug-likeness (QED) is 0.807. The van der Waals surface area contributed by atoms with Gasteiger partial charge in [-0.2, -0.15) is 16.3 Å². The molecule has 3 rings (SSSR count). The molecule has 1 aliphatic rings. The van der Waals surface area contributed by atoms with E-state index in [0.29, 0.717) is 0 Å². The van der Waals surface area contributed by atoms with Crippen LogP contribution < -0.4 is 4.90 Å². The largest absolute Gasteiger partial charge is 0.354 e. The van der Waals surface area contributed by atoms with Gasteiger partial charge in [0, 0.05) is 24.3 Å². The molecule has 0 saturated carbocycles. The lowest BCUT2D eigenvalue weighted by Gasteiger charge is -2.21. The maximum atomic E-state index is 4.78. The first kappa shape index (κ1) is 13.7. The average Bonchev–Trinajstić information content (AvgIpc) is 2.65. The fourth-order valence-corrected chi connectivity index (χ4v) is 3.28. The number of hydrogen-bond acceptors (Lipinski definition) is 5. The molecule has 3 heterocycles. The van der Waals surface area contributed by atoms with Crippen molar-refractivity contribution >= 4 is 23.2 Å². The maximum absolute atomic E-state index is 4.78. The van der Waals surface area contributed by atoms with Crippen LogP contribution >= 0.6 is 11.8 Å². The van der Waals surface area contributed by atoms with Crippen molar-refractivity contribution in [1.82, 2.24) is 19.8 Å². The summed E-state index contributed by atoms with van der Waals surface area (Å²) in [6, 6.07) is 4.08. The molecule has 1 saturated heterocycles. The Labute approximate surface area is 123 Å². The summed E-state index contributed by atoms with van der Waals surface area (Å²) in [5.74, 6) is 4.37. The molecule has 2 aromatic heterocycles. The second kappa shape index (κ2) is 5.24. The summed E-state index contributed by atoms with van der Waals surface area (Å²) in [5.41, 5.74) is 0.766. The van der Waals surface area contributed by atoms with Crippen molar-refractivity contribution in [2.45, 2.75) is 32.6 Å². The van der Waals surface area contributed by atoms with E-state index in [0.717, 1.165) is 30.4 Å². The van der Waals surface area contributed by atoms with Gasteiger partial charge in [-0.15, -0.1) is 15.3 Å². The number of fused-ring (bicyclic) bond motifs is 1. The van der Waals surface area contributed by atoms with Gasteiger partial charge in [0.25, 0.3) is 0 Å². The monoisotopic (exact) mass is 291 g/mol. The van der Waals surface area contributed by atoms with Gasteiger partial charge in [0.05, 0.1) is 0 Å². The summed E-state index contributed by atoms with van der Waals surface area (Å²) in [7, 11) is 0. The summed E-state index contributed by atoms with van der Waals surface area (Å²) >= 11 is 2.03. The predicted octanol–water partition coefficient (Wildman–Crippen LogP) is 2.37. The van der Waals surface area contributed by atoms with E-state index in [1.165, 1.54) is 17.9 Å². The molecule has 0 bridgehead atoms. The molecule has 5 nitrogen and oxygen atoms in total. The second-order valence-corrected chi connectivity index (χ2v) is 7.41. The van der Waals surface area contributed by atoms with Crippen LogP contribution in [-0.4, -0.2) is 44.4 Å². The molecule has 0 unspecified atom stereocenters. The zero-order valence-corrected chi connectivity index (χ0v) is 13.2. The molecule has 0 aromatic carbocycles. The highest BCUT2D eigenvalue weighted by Gasteiger charge is 2.22. The predicted molar refractivity (Wildman–Crippen MR) is 83.6 cm³/mol. The molecule has 0 spiro atoms. The van der Waals surface area contributed by atoms with Crippen molar-refractivity contribution in [2.24, 2.45) is 0 Å². The molecular formula is C14H21N5S. The van der Waals surface area contributed by atoms with E-state index in [1.807, 2.05) is 22.3 Å². The molecule has 108 valence electrons. The third kappa shape index (κ3) is 2.61. The molecule has 0 atom stereocenters. The lowest BCUT2D eigenvalue weighted by Crippen LogP contribution is -2.27. The van der Waals surface area contributed by atoms with Gasteiger partial charge in [-0.3, -0.25) is 0 Å². The fourth-order valence-electron chi connectivity index (χ4n) is 2.39. The Morgan fingerprint density at radius 3 is 2.75 bits per heavy atom. The van der Waals surface area contributed by atoms with Crippen LogP contribution in [0.15, 0.2) is 12.1 Å². The SMILES string of the molecule is CC(C)(C)c1nnc2ccc(N3CCCSCC3)nn12. The third-order valence-corrected chi connectivity index (χ3v) is 4.51. The molecule has 0 amide bonds. The lowest BCUT2D eigenvalue weighted by molar-refractivity contribution is 0.526. The minimum absolute atomic E-state index is 0.0559. The summed E-state index contributed by atoms with van der Waals surface area (Å²) in [5, 5.41) is 13.3. The Morgan fingerprint density at radius 1 is 1.10 bits per heavy atom. The van der Waals surface area contributed by atoms with Crippen LogP contribution in [0.5, 0.6) is 0 Å². The van der Waals surface area contributed by atoms with Crippen LogP contribution in [-0.2, 0) is 5.41 Å². The normalized spacial score (nSPS) is 17.4. The fraction of sp³-hybridized carbons (Fsp3) is 0.643. The van der Waals surface area contributed by atoms with Crippen LogP contribution in [0.4, 0.5) is 5.82 Å². The van der Waals surface area contributed by atoms with Crippen molar-refractivity contribution in [1.29, 1.82) is 0 Å². The van der Waals surface area contributed by atoms with Gasteiger partial charge in [0.2, 0.25) is 0 Å². The summed E-state index contributed by atoms with van der Waals surface area (Å²) < 4.78 is 1.90. The third-order valence-electron chi connectivity index (χ3n) is 3.47. The van der Waals surface area contributed by atoms with Gasteiger partial charge in [0.1, 0.15) is 5.82 Å². The Balaban J connectivity index is 2.00. The second-order valence-electron chi connectivity index (χ2n) is 6.19. The first-order valence-corrected chi connectivity index (χ1v) is 8.27. The van der Waals surface area contributed by atoms with Gasteiger partial charge in [-0.25, -0.2) is 0 Å². The Bertz CT molecular complexity index is 593. The van der Waals surface area contributed by atoms with Crippen LogP contribution in [0, 0.1) is 0 Å². The van der Waals surface area contributed by atoms with Gasteiger partial charge in [0.15, 0.2) is 11.5 Å². The summed E-state index contributed by atoms with van der Waals surface area (Å²) in [4.78, 5) is 2.37. The van der Waals surface area contributed by atoms with Crippen LogP contribution in [0.2, 0.25) is 0 Å². The lowest BCUT2D eigenvalue weighted by atomic mass is 9.96. The smallest absolute Gasteiger partial charge is 0.178 e. The van der Waals surface area contributed by atoms with E-state index >= 15 is 0 Å². The van der Waals surface area contributed by atoms with Crippen molar-refractivity contribution < 1.29 is 0 Å². The standard InChI is InChI=1S/C14H21N5S/c1-14(2,3)13-16-15-11-5-6-12(17-19(11)13)18-7-4-9-20-10-8-18/h5-6H,4,7-10H2,1-3H3. The summed E-state index contributed by atoms with van der Waals surface area (Å²) in [6.07, 6.45) is 1.22. The van der Waals surface area contributed by atoms with E-state index in [1.54, 1.807) is 0 Å². The Morgan fingerprint density at radius 2 is 1.95 bits per heavy atom. The average molecular weight is 291 g/mol. The minimum Gasteiger partial charge on any atom is -0.354 e. The topological polar surface area (TPSA) is 46.3 Å². The number of anilines is 1. The van der Waals surface area contributed by atoms with Gasteiger partial charge < -0.3 is 4.90 Å². The van der Waals surface area contributed by atoms with Crippen molar-refractivity contribution in [2.75, 3.05) is 29.5 Å².